The molecular weight excluding hydrogens is 478 g/mol. The minimum absolute atomic E-state index is 0.0492. The van der Waals surface area contributed by atoms with E-state index in [9.17, 15) is 19.2 Å². The molecule has 0 saturated carbocycles. The summed E-state index contributed by atoms with van der Waals surface area (Å²) in [6, 6.07) is 0. The van der Waals surface area contributed by atoms with Gasteiger partial charge in [0.2, 0.25) is 11.6 Å². The summed E-state index contributed by atoms with van der Waals surface area (Å²) in [5.41, 5.74) is 12.2. The first-order chi connectivity index (χ1) is 17.5. The Labute approximate surface area is 217 Å². The molecule has 0 fully saturated rings. The van der Waals surface area contributed by atoms with Crippen molar-refractivity contribution >= 4 is 23.6 Å². The maximum atomic E-state index is 13.0. The lowest BCUT2D eigenvalue weighted by Crippen LogP contribution is -2.35. The van der Waals surface area contributed by atoms with E-state index in [0.29, 0.717) is 19.3 Å². The van der Waals surface area contributed by atoms with Gasteiger partial charge in [-0.3, -0.25) is 14.4 Å². The smallest absolute Gasteiger partial charge is 0.405 e. The topological polar surface area (TPSA) is 160 Å². The molecule has 10 nitrogen and oxygen atoms in total. The van der Waals surface area contributed by atoms with Crippen LogP contribution in [0.1, 0.15) is 46.5 Å². The number of ether oxygens (including phenoxy) is 3. The molecule has 0 radical (unpaired) electrons. The van der Waals surface area contributed by atoms with Gasteiger partial charge in [-0.05, 0) is 51.0 Å². The Morgan fingerprint density at radius 3 is 2.46 bits per heavy atom. The number of hydrogen-bond acceptors (Lipinski definition) is 8. The lowest BCUT2D eigenvalue weighted by atomic mass is 9.91. The van der Waals surface area contributed by atoms with Crippen molar-refractivity contribution in [3.05, 3.63) is 58.5 Å². The molecule has 202 valence electrons. The van der Waals surface area contributed by atoms with E-state index in [4.69, 9.17) is 25.7 Å². The molecule has 0 aromatic carbocycles. The monoisotopic (exact) mass is 515 g/mol. The molecule has 5 N–H and O–H groups in total. The predicted octanol–water partition coefficient (Wildman–Crippen LogP) is 2.50. The fourth-order valence-corrected chi connectivity index (χ4v) is 4.37. The van der Waals surface area contributed by atoms with Crippen LogP contribution in [0.4, 0.5) is 4.79 Å². The Morgan fingerprint density at radius 2 is 1.84 bits per heavy atom. The van der Waals surface area contributed by atoms with Crippen molar-refractivity contribution in [2.75, 3.05) is 14.2 Å². The van der Waals surface area contributed by atoms with Gasteiger partial charge in [0.05, 0.1) is 17.5 Å². The lowest BCUT2D eigenvalue weighted by Gasteiger charge is -2.25. The molecule has 2 rings (SSSR count). The molecule has 2 bridgehead atoms. The summed E-state index contributed by atoms with van der Waals surface area (Å²) in [4.78, 5) is 49.7. The zero-order valence-corrected chi connectivity index (χ0v) is 22.0. The number of fused-ring (bicyclic) bond motifs is 2. The molecule has 2 aliphatic rings. The first kappa shape index (κ1) is 29.7. The van der Waals surface area contributed by atoms with Crippen LogP contribution >= 0.6 is 0 Å². The van der Waals surface area contributed by atoms with Crippen LogP contribution in [-0.4, -0.2) is 56.1 Å². The van der Waals surface area contributed by atoms with Crippen molar-refractivity contribution < 1.29 is 33.4 Å². The standard InChI is InChI=1S/C27H37N3O7/c1-15-12-17(3)25(37-27(29)34)22(36-5)11-6-8-16(2)26(33)30-20-14-21(31)23(28)19(24(20)32)10-7-9-18(13-15)35-4/h6,8,11-12,14-15,18,22,25H,7,9-10,13,28H2,1-5H3,(H2,29,34)(H,30,33)/b11-6-,16-8+,17-12+/t15-,18?,22?,25?/m0/s1. The molecule has 37 heavy (non-hydrogen) atoms. The number of ketones is 2. The maximum absolute atomic E-state index is 13.0. The van der Waals surface area contributed by atoms with E-state index >= 15 is 0 Å². The second-order valence-electron chi connectivity index (χ2n) is 9.26. The van der Waals surface area contributed by atoms with Crippen molar-refractivity contribution in [2.45, 2.75) is 64.8 Å². The molecule has 0 aromatic rings. The molecule has 10 heteroatoms. The lowest BCUT2D eigenvalue weighted by molar-refractivity contribution is -0.120. The molecule has 3 unspecified atom stereocenters. The third-order valence-corrected chi connectivity index (χ3v) is 6.37. The van der Waals surface area contributed by atoms with E-state index < -0.39 is 35.8 Å². The predicted molar refractivity (Wildman–Crippen MR) is 138 cm³/mol. The Balaban J connectivity index is 2.47. The Hall–Kier alpha value is -3.50. The highest BCUT2D eigenvalue weighted by Gasteiger charge is 2.29. The van der Waals surface area contributed by atoms with Gasteiger partial charge in [-0.25, -0.2) is 4.79 Å². The molecule has 2 amide bonds. The van der Waals surface area contributed by atoms with E-state index in [1.54, 1.807) is 26.2 Å². The minimum atomic E-state index is -0.938. The number of allylic oxidation sites excluding steroid dienone is 5. The van der Waals surface area contributed by atoms with Crippen molar-refractivity contribution in [2.24, 2.45) is 17.4 Å². The molecule has 0 saturated heterocycles. The molecule has 1 aliphatic carbocycles. The molecule has 1 heterocycles. The van der Waals surface area contributed by atoms with E-state index in [1.165, 1.54) is 13.2 Å². The highest BCUT2D eigenvalue weighted by molar-refractivity contribution is 6.23. The van der Waals surface area contributed by atoms with Crippen LogP contribution < -0.4 is 16.8 Å². The summed E-state index contributed by atoms with van der Waals surface area (Å²) >= 11 is 0. The second-order valence-corrected chi connectivity index (χ2v) is 9.26. The fraction of sp³-hybridized carbons (Fsp3) is 0.481. The van der Waals surface area contributed by atoms with E-state index in [2.05, 4.69) is 5.32 Å². The number of nitrogens with two attached hydrogens (primary N) is 2. The summed E-state index contributed by atoms with van der Waals surface area (Å²) in [5, 5.41) is 2.51. The van der Waals surface area contributed by atoms with E-state index in [1.807, 2.05) is 19.9 Å². The van der Waals surface area contributed by atoms with Gasteiger partial charge in [-0.15, -0.1) is 0 Å². The van der Waals surface area contributed by atoms with Gasteiger partial charge in [-0.1, -0.05) is 31.2 Å². The van der Waals surface area contributed by atoms with E-state index in [-0.39, 0.29) is 41.0 Å². The van der Waals surface area contributed by atoms with Crippen LogP contribution in [0.3, 0.4) is 0 Å². The quantitative estimate of drug-likeness (QED) is 0.382. The Kier molecular flexibility index (Phi) is 11.0. The van der Waals surface area contributed by atoms with Crippen molar-refractivity contribution in [3.8, 4) is 0 Å². The zero-order valence-electron chi connectivity index (χ0n) is 22.0. The van der Waals surface area contributed by atoms with Crippen LogP contribution in [0.5, 0.6) is 0 Å². The van der Waals surface area contributed by atoms with Crippen LogP contribution in [-0.2, 0) is 28.6 Å². The number of nitrogens with one attached hydrogen (secondary N) is 1. The van der Waals surface area contributed by atoms with Crippen molar-refractivity contribution in [3.63, 3.8) is 0 Å². The molecule has 0 aromatic heterocycles. The summed E-state index contributed by atoms with van der Waals surface area (Å²) in [7, 11) is 3.08. The van der Waals surface area contributed by atoms with Gasteiger partial charge >= 0.3 is 6.09 Å². The third kappa shape index (κ3) is 8.26. The second kappa shape index (κ2) is 13.7. The SMILES string of the molecule is COC1CCCC2=C(N)C(=O)C=C(NC(=O)/C(C)=C/C=C\C(OC)C(OC(N)=O)/C(C)=C/[C@H](C)C1)C2=O. The maximum Gasteiger partial charge on any atom is 0.405 e. The number of carbonyl (C=O) groups is 4. The van der Waals surface area contributed by atoms with Crippen LogP contribution in [0.15, 0.2) is 58.5 Å². The minimum Gasteiger partial charge on any atom is -0.439 e. The van der Waals surface area contributed by atoms with Gasteiger partial charge in [0.1, 0.15) is 6.10 Å². The number of methoxy groups -OCH3 is 2. The van der Waals surface area contributed by atoms with Gasteiger partial charge in [0.25, 0.3) is 5.91 Å². The highest BCUT2D eigenvalue weighted by Crippen LogP contribution is 2.25. The first-order valence-corrected chi connectivity index (χ1v) is 12.1. The number of rotatable bonds is 3. The molecular formula is C27H37N3O7. The van der Waals surface area contributed by atoms with Gasteiger partial charge < -0.3 is 31.0 Å². The van der Waals surface area contributed by atoms with Crippen LogP contribution in [0, 0.1) is 5.92 Å². The van der Waals surface area contributed by atoms with Gasteiger partial charge in [-0.2, -0.15) is 0 Å². The summed E-state index contributed by atoms with van der Waals surface area (Å²) < 4.78 is 16.5. The molecule has 4 atom stereocenters. The number of amides is 2. The van der Waals surface area contributed by atoms with Gasteiger partial charge in [0.15, 0.2) is 6.10 Å². The summed E-state index contributed by atoms with van der Waals surface area (Å²) in [6.07, 6.45) is 7.32. The largest absolute Gasteiger partial charge is 0.439 e. The summed E-state index contributed by atoms with van der Waals surface area (Å²) in [5.74, 6) is -1.50. The number of primary amides is 1. The van der Waals surface area contributed by atoms with Crippen LogP contribution in [0.25, 0.3) is 0 Å². The number of Topliss-reactive ketones (excluding diaryl/α,β-unsaturated/α-hetero) is 1. The molecule has 1 aliphatic heterocycles. The normalized spacial score (nSPS) is 30.4. The van der Waals surface area contributed by atoms with Crippen molar-refractivity contribution in [1.82, 2.24) is 5.32 Å². The number of carbonyl (C=O) groups excluding carboxylic acids is 4. The highest BCUT2D eigenvalue weighted by atomic mass is 16.6. The first-order valence-electron chi connectivity index (χ1n) is 12.1. The fourth-order valence-electron chi connectivity index (χ4n) is 4.37. The number of hydrogen-bond donors (Lipinski definition) is 3. The average Bonchev–Trinajstić information content (AvgIpc) is 2.84. The average molecular weight is 516 g/mol. The van der Waals surface area contributed by atoms with E-state index in [0.717, 1.165) is 11.6 Å². The summed E-state index contributed by atoms with van der Waals surface area (Å²) in [6.45, 7) is 5.40. The van der Waals surface area contributed by atoms with Gasteiger partial charge in [0, 0.05) is 31.4 Å². The van der Waals surface area contributed by atoms with Crippen LogP contribution in [0.2, 0.25) is 0 Å². The Bertz CT molecular complexity index is 1070. The Morgan fingerprint density at radius 1 is 1.14 bits per heavy atom. The third-order valence-electron chi connectivity index (χ3n) is 6.37. The molecule has 0 spiro atoms. The van der Waals surface area contributed by atoms with Crippen molar-refractivity contribution in [1.29, 1.82) is 0 Å². The zero-order chi connectivity index (χ0) is 27.7.